The maximum atomic E-state index is 12.0. The van der Waals surface area contributed by atoms with E-state index in [9.17, 15) is 13.2 Å². The Kier molecular flexibility index (Phi) is 5.66. The van der Waals surface area contributed by atoms with Gasteiger partial charge in [0.05, 0.1) is 11.0 Å². The first-order valence-electron chi connectivity index (χ1n) is 8.13. The molecule has 0 saturated carbocycles. The molecule has 1 amide bonds. The molecule has 2 aliphatic heterocycles. The minimum absolute atomic E-state index is 0.231. The summed E-state index contributed by atoms with van der Waals surface area (Å²) in [5.41, 5.74) is 0. The van der Waals surface area contributed by atoms with Crippen molar-refractivity contribution < 1.29 is 13.2 Å². The average molecular weight is 316 g/mol. The first-order chi connectivity index (χ1) is 9.90. The summed E-state index contributed by atoms with van der Waals surface area (Å²) in [6.07, 6.45) is 5.03. The monoisotopic (exact) mass is 316 g/mol. The molecule has 0 bridgehead atoms. The van der Waals surface area contributed by atoms with Crippen LogP contribution in [0.2, 0.25) is 0 Å². The van der Waals surface area contributed by atoms with Gasteiger partial charge in [-0.3, -0.25) is 9.69 Å². The normalized spacial score (nSPS) is 25.0. The number of sulfone groups is 1. The number of carbonyl (C=O) groups excluding carboxylic acids is 1. The number of rotatable bonds is 6. The molecule has 2 rings (SSSR count). The minimum atomic E-state index is -2.98. The number of amides is 1. The molecule has 0 unspecified atom stereocenters. The lowest BCUT2D eigenvalue weighted by Crippen LogP contribution is -2.48. The predicted octanol–water partition coefficient (Wildman–Crippen LogP) is 1.29. The van der Waals surface area contributed by atoms with Crippen LogP contribution in [0.25, 0.3) is 0 Å². The molecule has 21 heavy (non-hydrogen) atoms. The number of piperidine rings is 1. The highest BCUT2D eigenvalue weighted by molar-refractivity contribution is 7.92. The van der Waals surface area contributed by atoms with Crippen molar-refractivity contribution in [2.24, 2.45) is 0 Å². The standard InChI is InChI=1S/C15H28N2O3S/c1-13(2)21(19,20)11-10-16-8-4-3-6-14(16)12-17-9-5-7-15(17)18/h13-14H,3-12H2,1-2H3/t14-/m1/s1. The van der Waals surface area contributed by atoms with E-state index in [1.165, 1.54) is 6.42 Å². The Hall–Kier alpha value is -0.620. The maximum absolute atomic E-state index is 12.0. The second-order valence-electron chi connectivity index (χ2n) is 6.54. The molecule has 6 heteroatoms. The van der Waals surface area contributed by atoms with Gasteiger partial charge in [-0.05, 0) is 39.7 Å². The van der Waals surface area contributed by atoms with Crippen molar-refractivity contribution in [1.82, 2.24) is 9.80 Å². The third-order valence-corrected chi connectivity index (χ3v) is 6.92. The van der Waals surface area contributed by atoms with Crippen molar-refractivity contribution >= 4 is 15.7 Å². The third-order valence-electron chi connectivity index (χ3n) is 4.73. The van der Waals surface area contributed by atoms with Crippen LogP contribution in [0.4, 0.5) is 0 Å². The zero-order valence-corrected chi connectivity index (χ0v) is 14.1. The molecule has 1 atom stereocenters. The molecule has 2 heterocycles. The molecule has 5 nitrogen and oxygen atoms in total. The molecule has 2 fully saturated rings. The summed E-state index contributed by atoms with van der Waals surface area (Å²) >= 11 is 0. The van der Waals surface area contributed by atoms with E-state index >= 15 is 0 Å². The van der Waals surface area contributed by atoms with Crippen LogP contribution in [0.1, 0.15) is 46.0 Å². The van der Waals surface area contributed by atoms with Gasteiger partial charge in [0.25, 0.3) is 0 Å². The van der Waals surface area contributed by atoms with Gasteiger partial charge in [-0.25, -0.2) is 8.42 Å². The summed E-state index contributed by atoms with van der Waals surface area (Å²) in [7, 11) is -2.98. The summed E-state index contributed by atoms with van der Waals surface area (Å²) in [5.74, 6) is 0.491. The van der Waals surface area contributed by atoms with Crippen LogP contribution in [0, 0.1) is 0 Å². The topological polar surface area (TPSA) is 57.7 Å². The molecule has 0 aromatic heterocycles. The van der Waals surface area contributed by atoms with Crippen molar-refractivity contribution in [2.75, 3.05) is 31.9 Å². The molecular formula is C15H28N2O3S. The highest BCUT2D eigenvalue weighted by Crippen LogP contribution is 2.20. The largest absolute Gasteiger partial charge is 0.341 e. The number of nitrogens with zero attached hydrogens (tertiary/aromatic N) is 2. The fourth-order valence-corrected chi connectivity index (χ4v) is 4.15. The second-order valence-corrected chi connectivity index (χ2v) is 9.22. The summed E-state index contributed by atoms with van der Waals surface area (Å²) in [6.45, 7) is 6.69. The van der Waals surface area contributed by atoms with Crippen LogP contribution in [-0.2, 0) is 14.6 Å². The van der Waals surface area contributed by atoms with Gasteiger partial charge in [-0.1, -0.05) is 6.42 Å². The summed E-state index contributed by atoms with van der Waals surface area (Å²) in [6, 6.07) is 0.336. The first kappa shape index (κ1) is 16.7. The fraction of sp³-hybridized carbons (Fsp3) is 0.933. The Bertz CT molecular complexity index is 462. The van der Waals surface area contributed by atoms with Gasteiger partial charge in [0.15, 0.2) is 9.84 Å². The Morgan fingerprint density at radius 3 is 2.57 bits per heavy atom. The lowest BCUT2D eigenvalue weighted by atomic mass is 10.0. The van der Waals surface area contributed by atoms with Crippen LogP contribution in [0.15, 0.2) is 0 Å². The molecule has 0 aromatic rings. The van der Waals surface area contributed by atoms with Crippen molar-refractivity contribution in [3.63, 3.8) is 0 Å². The van der Waals surface area contributed by atoms with Gasteiger partial charge < -0.3 is 4.90 Å². The minimum Gasteiger partial charge on any atom is -0.341 e. The Balaban J connectivity index is 1.91. The smallest absolute Gasteiger partial charge is 0.222 e. The Morgan fingerprint density at radius 1 is 1.19 bits per heavy atom. The summed E-state index contributed by atoms with van der Waals surface area (Å²) in [5, 5.41) is -0.305. The molecule has 0 aliphatic carbocycles. The van der Waals surface area contributed by atoms with Crippen LogP contribution >= 0.6 is 0 Å². The molecule has 0 spiro atoms. The Labute approximate surface area is 128 Å². The zero-order chi connectivity index (χ0) is 15.5. The molecule has 122 valence electrons. The van der Waals surface area contributed by atoms with E-state index in [1.54, 1.807) is 13.8 Å². The second kappa shape index (κ2) is 7.09. The van der Waals surface area contributed by atoms with E-state index in [0.717, 1.165) is 38.9 Å². The third kappa shape index (κ3) is 4.42. The molecule has 0 radical (unpaired) electrons. The van der Waals surface area contributed by atoms with E-state index in [1.807, 2.05) is 4.90 Å². The summed E-state index contributed by atoms with van der Waals surface area (Å²) < 4.78 is 24.0. The van der Waals surface area contributed by atoms with Crippen molar-refractivity contribution in [3.8, 4) is 0 Å². The number of hydrogen-bond donors (Lipinski definition) is 0. The highest BCUT2D eigenvalue weighted by atomic mass is 32.2. The van der Waals surface area contributed by atoms with E-state index in [0.29, 0.717) is 19.0 Å². The lowest BCUT2D eigenvalue weighted by Gasteiger charge is -2.37. The van der Waals surface area contributed by atoms with E-state index in [-0.39, 0.29) is 16.9 Å². The van der Waals surface area contributed by atoms with Gasteiger partial charge in [0, 0.05) is 32.1 Å². The average Bonchev–Trinajstić information content (AvgIpc) is 2.83. The Morgan fingerprint density at radius 2 is 1.95 bits per heavy atom. The highest BCUT2D eigenvalue weighted by Gasteiger charge is 2.29. The molecular weight excluding hydrogens is 288 g/mol. The molecule has 0 aromatic carbocycles. The summed E-state index contributed by atoms with van der Waals surface area (Å²) in [4.78, 5) is 16.0. The molecule has 2 aliphatic rings. The first-order valence-corrected chi connectivity index (χ1v) is 9.85. The lowest BCUT2D eigenvalue weighted by molar-refractivity contribution is -0.128. The van der Waals surface area contributed by atoms with Crippen LogP contribution in [0.3, 0.4) is 0 Å². The van der Waals surface area contributed by atoms with E-state index < -0.39 is 9.84 Å². The SMILES string of the molecule is CC(C)S(=O)(=O)CCN1CCCC[C@@H]1CN1CCCC1=O. The number of likely N-dealkylation sites (tertiary alicyclic amines) is 2. The number of carbonyl (C=O) groups is 1. The fourth-order valence-electron chi connectivity index (χ4n) is 3.19. The van der Waals surface area contributed by atoms with Gasteiger partial charge >= 0.3 is 0 Å². The van der Waals surface area contributed by atoms with Gasteiger partial charge in [-0.15, -0.1) is 0 Å². The van der Waals surface area contributed by atoms with Gasteiger partial charge in [0.2, 0.25) is 5.91 Å². The van der Waals surface area contributed by atoms with Crippen molar-refractivity contribution in [1.29, 1.82) is 0 Å². The van der Waals surface area contributed by atoms with Crippen molar-refractivity contribution in [3.05, 3.63) is 0 Å². The van der Waals surface area contributed by atoms with Crippen LogP contribution < -0.4 is 0 Å². The van der Waals surface area contributed by atoms with Crippen LogP contribution in [-0.4, -0.2) is 67.3 Å². The quantitative estimate of drug-likeness (QED) is 0.741. The molecule has 0 N–H and O–H groups in total. The van der Waals surface area contributed by atoms with Crippen LogP contribution in [0.5, 0.6) is 0 Å². The molecule has 2 saturated heterocycles. The van der Waals surface area contributed by atoms with E-state index in [2.05, 4.69) is 4.90 Å². The zero-order valence-electron chi connectivity index (χ0n) is 13.3. The number of hydrogen-bond acceptors (Lipinski definition) is 4. The van der Waals surface area contributed by atoms with Gasteiger partial charge in [-0.2, -0.15) is 0 Å². The predicted molar refractivity (Wildman–Crippen MR) is 83.9 cm³/mol. The van der Waals surface area contributed by atoms with Gasteiger partial charge in [0.1, 0.15) is 0 Å². The van der Waals surface area contributed by atoms with E-state index in [4.69, 9.17) is 0 Å². The van der Waals surface area contributed by atoms with Crippen molar-refractivity contribution in [2.45, 2.75) is 57.2 Å². The maximum Gasteiger partial charge on any atom is 0.222 e.